The Balaban J connectivity index is 1.44. The number of rotatable bonds is 3. The van der Waals surface area contributed by atoms with Gasteiger partial charge in [-0.05, 0) is 38.2 Å². The summed E-state index contributed by atoms with van der Waals surface area (Å²) in [5.41, 5.74) is 0.747. The highest BCUT2D eigenvalue weighted by Crippen LogP contribution is 2.41. The van der Waals surface area contributed by atoms with Crippen molar-refractivity contribution >= 4 is 11.8 Å². The maximum absolute atomic E-state index is 12.9. The number of aromatic hydroxyl groups is 1. The fourth-order valence-electron chi connectivity index (χ4n) is 5.28. The molecule has 2 aliphatic heterocycles. The van der Waals surface area contributed by atoms with Gasteiger partial charge in [0.05, 0.1) is 6.42 Å². The average molecular weight is 370 g/mol. The lowest BCUT2D eigenvalue weighted by Gasteiger charge is -2.49. The van der Waals surface area contributed by atoms with Gasteiger partial charge in [-0.1, -0.05) is 31.0 Å². The SMILES string of the molecule is O=C(Cc1ccccc1O)N1CCC[C@]2(CCC(=O)N(C3CCCC3)C2)C1. The molecule has 0 unspecified atom stereocenters. The molecule has 1 saturated carbocycles. The molecule has 1 atom stereocenters. The summed E-state index contributed by atoms with van der Waals surface area (Å²) < 4.78 is 0. The van der Waals surface area contributed by atoms with E-state index >= 15 is 0 Å². The van der Waals surface area contributed by atoms with Gasteiger partial charge in [0.25, 0.3) is 0 Å². The molecule has 5 nitrogen and oxygen atoms in total. The van der Waals surface area contributed by atoms with Crippen molar-refractivity contribution in [3.05, 3.63) is 29.8 Å². The minimum Gasteiger partial charge on any atom is -0.508 e. The molecule has 5 heteroatoms. The smallest absolute Gasteiger partial charge is 0.227 e. The molecule has 1 aromatic carbocycles. The summed E-state index contributed by atoms with van der Waals surface area (Å²) in [5.74, 6) is 0.582. The van der Waals surface area contributed by atoms with Gasteiger partial charge in [0.1, 0.15) is 5.75 Å². The number of para-hydroxylation sites is 1. The lowest BCUT2D eigenvalue weighted by Crippen LogP contribution is -2.57. The molecule has 3 aliphatic rings. The van der Waals surface area contributed by atoms with E-state index in [1.165, 1.54) is 12.8 Å². The van der Waals surface area contributed by atoms with Crippen LogP contribution in [0, 0.1) is 5.41 Å². The fourth-order valence-corrected chi connectivity index (χ4v) is 5.28. The summed E-state index contributed by atoms with van der Waals surface area (Å²) in [7, 11) is 0. The highest BCUT2D eigenvalue weighted by molar-refractivity contribution is 5.80. The van der Waals surface area contributed by atoms with Crippen molar-refractivity contribution in [2.24, 2.45) is 5.41 Å². The molecule has 1 aromatic rings. The Kier molecular flexibility index (Phi) is 5.11. The quantitative estimate of drug-likeness (QED) is 0.889. The van der Waals surface area contributed by atoms with Crippen molar-refractivity contribution in [2.45, 2.75) is 63.8 Å². The lowest BCUT2D eigenvalue weighted by molar-refractivity contribution is -0.145. The van der Waals surface area contributed by atoms with Gasteiger partial charge in [-0.3, -0.25) is 9.59 Å². The van der Waals surface area contributed by atoms with Crippen molar-refractivity contribution in [3.8, 4) is 5.75 Å². The Morgan fingerprint density at radius 2 is 1.89 bits per heavy atom. The Bertz CT molecular complexity index is 713. The number of phenols is 1. The Morgan fingerprint density at radius 1 is 1.11 bits per heavy atom. The highest BCUT2D eigenvalue weighted by Gasteiger charge is 2.44. The zero-order valence-corrected chi connectivity index (χ0v) is 16.0. The molecule has 2 heterocycles. The lowest BCUT2D eigenvalue weighted by atomic mass is 9.73. The molecule has 1 N–H and O–H groups in total. The molecule has 146 valence electrons. The minimum atomic E-state index is 0.0587. The third-order valence-corrected chi connectivity index (χ3v) is 6.81. The van der Waals surface area contributed by atoms with Crippen LogP contribution in [0.25, 0.3) is 0 Å². The first kappa shape index (κ1) is 18.3. The van der Waals surface area contributed by atoms with Gasteiger partial charge >= 0.3 is 0 Å². The number of benzene rings is 1. The topological polar surface area (TPSA) is 60.9 Å². The van der Waals surface area contributed by atoms with Gasteiger partial charge in [-0.2, -0.15) is 0 Å². The van der Waals surface area contributed by atoms with Gasteiger partial charge in [0.2, 0.25) is 11.8 Å². The molecule has 3 fully saturated rings. The van der Waals surface area contributed by atoms with E-state index in [-0.39, 0.29) is 23.5 Å². The molecule has 0 aromatic heterocycles. The number of carbonyl (C=O) groups excluding carboxylic acids is 2. The second-order valence-electron chi connectivity index (χ2n) is 8.68. The molecular weight excluding hydrogens is 340 g/mol. The summed E-state index contributed by atoms with van der Waals surface area (Å²) >= 11 is 0. The van der Waals surface area contributed by atoms with Crippen LogP contribution in [-0.4, -0.2) is 52.4 Å². The van der Waals surface area contributed by atoms with Gasteiger partial charge < -0.3 is 14.9 Å². The molecule has 4 rings (SSSR count). The van der Waals surface area contributed by atoms with E-state index in [9.17, 15) is 14.7 Å². The number of piperidine rings is 2. The molecule has 1 aliphatic carbocycles. The third-order valence-electron chi connectivity index (χ3n) is 6.81. The van der Waals surface area contributed by atoms with E-state index in [2.05, 4.69) is 4.90 Å². The summed E-state index contributed by atoms with van der Waals surface area (Å²) in [4.78, 5) is 29.5. The van der Waals surface area contributed by atoms with E-state index in [0.29, 0.717) is 23.9 Å². The number of phenolic OH excluding ortho intramolecular Hbond substituents is 1. The number of likely N-dealkylation sites (tertiary alicyclic amines) is 2. The first-order valence-corrected chi connectivity index (χ1v) is 10.4. The van der Waals surface area contributed by atoms with Crippen LogP contribution in [0.5, 0.6) is 5.75 Å². The Hall–Kier alpha value is -2.04. The second-order valence-corrected chi connectivity index (χ2v) is 8.68. The van der Waals surface area contributed by atoms with Crippen LogP contribution in [0.15, 0.2) is 24.3 Å². The van der Waals surface area contributed by atoms with Crippen LogP contribution < -0.4 is 0 Å². The number of carbonyl (C=O) groups is 2. The van der Waals surface area contributed by atoms with Crippen LogP contribution in [0.4, 0.5) is 0 Å². The van der Waals surface area contributed by atoms with Crippen LogP contribution in [0.1, 0.15) is 56.9 Å². The summed E-state index contributed by atoms with van der Waals surface area (Å²) in [6.07, 6.45) is 8.60. The highest BCUT2D eigenvalue weighted by atomic mass is 16.3. The average Bonchev–Trinajstić information content (AvgIpc) is 3.20. The minimum absolute atomic E-state index is 0.0587. The second kappa shape index (κ2) is 7.53. The maximum Gasteiger partial charge on any atom is 0.227 e. The summed E-state index contributed by atoms with van der Waals surface area (Å²) in [6, 6.07) is 7.49. The van der Waals surface area contributed by atoms with Crippen molar-refractivity contribution < 1.29 is 14.7 Å². The molecule has 2 amide bonds. The molecule has 0 radical (unpaired) electrons. The van der Waals surface area contributed by atoms with Crippen LogP contribution in [0.2, 0.25) is 0 Å². The van der Waals surface area contributed by atoms with Crippen molar-refractivity contribution in [1.82, 2.24) is 9.80 Å². The predicted molar refractivity (Wildman–Crippen MR) is 103 cm³/mol. The standard InChI is InChI=1S/C22H30N2O3/c25-19-9-4-1-6-17(19)14-21(27)23-13-5-11-22(15-23)12-10-20(26)24(16-22)18-7-2-3-8-18/h1,4,6,9,18,25H,2-3,5,7-8,10-16H2/t22-/m0/s1. The molecular formula is C22H30N2O3. The van der Waals surface area contributed by atoms with Crippen molar-refractivity contribution in [1.29, 1.82) is 0 Å². The van der Waals surface area contributed by atoms with Gasteiger partial charge in [0, 0.05) is 43.1 Å². The van der Waals surface area contributed by atoms with Crippen LogP contribution in [-0.2, 0) is 16.0 Å². The molecule has 27 heavy (non-hydrogen) atoms. The largest absolute Gasteiger partial charge is 0.508 e. The van der Waals surface area contributed by atoms with Gasteiger partial charge in [-0.15, -0.1) is 0 Å². The summed E-state index contributed by atoms with van der Waals surface area (Å²) in [6.45, 7) is 2.35. The number of hydrogen-bond donors (Lipinski definition) is 1. The van der Waals surface area contributed by atoms with E-state index in [1.54, 1.807) is 12.1 Å². The maximum atomic E-state index is 12.9. The van der Waals surface area contributed by atoms with Crippen LogP contribution >= 0.6 is 0 Å². The van der Waals surface area contributed by atoms with Crippen molar-refractivity contribution in [2.75, 3.05) is 19.6 Å². The van der Waals surface area contributed by atoms with E-state index in [0.717, 1.165) is 51.7 Å². The Morgan fingerprint density at radius 3 is 2.67 bits per heavy atom. The first-order valence-electron chi connectivity index (χ1n) is 10.4. The van der Waals surface area contributed by atoms with E-state index in [1.807, 2.05) is 17.0 Å². The Labute approximate surface area is 161 Å². The zero-order valence-electron chi connectivity index (χ0n) is 16.0. The number of hydrogen-bond acceptors (Lipinski definition) is 3. The molecule has 0 bridgehead atoms. The normalized spacial score (nSPS) is 26.7. The monoisotopic (exact) mass is 370 g/mol. The third kappa shape index (κ3) is 3.83. The fraction of sp³-hybridized carbons (Fsp3) is 0.636. The molecule has 2 saturated heterocycles. The van der Waals surface area contributed by atoms with E-state index in [4.69, 9.17) is 0 Å². The van der Waals surface area contributed by atoms with Gasteiger partial charge in [-0.25, -0.2) is 0 Å². The van der Waals surface area contributed by atoms with E-state index < -0.39 is 0 Å². The van der Waals surface area contributed by atoms with Gasteiger partial charge in [0.15, 0.2) is 0 Å². The number of amides is 2. The first-order chi connectivity index (χ1) is 13.1. The number of nitrogens with zero attached hydrogens (tertiary/aromatic N) is 2. The summed E-state index contributed by atoms with van der Waals surface area (Å²) in [5, 5.41) is 9.97. The van der Waals surface area contributed by atoms with Crippen LogP contribution in [0.3, 0.4) is 0 Å². The molecule has 1 spiro atoms. The predicted octanol–water partition coefficient (Wildman–Crippen LogP) is 3.11. The zero-order chi connectivity index (χ0) is 18.9. The van der Waals surface area contributed by atoms with Crippen molar-refractivity contribution in [3.63, 3.8) is 0 Å².